The highest BCUT2D eigenvalue weighted by atomic mass is 19.1. The van der Waals surface area contributed by atoms with E-state index in [-0.39, 0.29) is 5.82 Å². The summed E-state index contributed by atoms with van der Waals surface area (Å²) in [5.74, 6) is 0.755. The molecule has 0 aliphatic heterocycles. The van der Waals surface area contributed by atoms with E-state index in [1.54, 1.807) is 12.1 Å². The Balaban J connectivity index is 1.74. The molecule has 1 aromatic carbocycles. The zero-order valence-corrected chi connectivity index (χ0v) is 11.3. The number of nitrogens with one attached hydrogen (secondary N) is 1. The van der Waals surface area contributed by atoms with Crippen LogP contribution in [-0.2, 0) is 6.42 Å². The van der Waals surface area contributed by atoms with Crippen molar-refractivity contribution in [3.8, 4) is 0 Å². The van der Waals surface area contributed by atoms with Crippen LogP contribution >= 0.6 is 0 Å². The van der Waals surface area contributed by atoms with Crippen molar-refractivity contribution in [2.75, 3.05) is 6.54 Å². The van der Waals surface area contributed by atoms with Gasteiger partial charge in [-0.15, -0.1) is 0 Å². The number of hydrogen-bond donors (Lipinski definition) is 1. The topological polar surface area (TPSA) is 12.0 Å². The Morgan fingerprint density at radius 1 is 1.22 bits per heavy atom. The van der Waals surface area contributed by atoms with Gasteiger partial charge in [0.1, 0.15) is 5.82 Å². The van der Waals surface area contributed by atoms with E-state index in [4.69, 9.17) is 0 Å². The average molecular weight is 249 g/mol. The van der Waals surface area contributed by atoms with Crippen LogP contribution in [0.4, 0.5) is 4.39 Å². The SMILES string of the molecule is CC(Cc1ccccc1F)NCC1CCCCC1. The smallest absolute Gasteiger partial charge is 0.126 e. The summed E-state index contributed by atoms with van der Waals surface area (Å²) in [4.78, 5) is 0. The Labute approximate surface area is 110 Å². The summed E-state index contributed by atoms with van der Waals surface area (Å²) >= 11 is 0. The molecule has 1 aliphatic rings. The molecule has 1 unspecified atom stereocenters. The third kappa shape index (κ3) is 4.09. The van der Waals surface area contributed by atoms with E-state index in [9.17, 15) is 4.39 Å². The minimum atomic E-state index is -0.0798. The molecule has 0 heterocycles. The van der Waals surface area contributed by atoms with Gasteiger partial charge in [-0.3, -0.25) is 0 Å². The van der Waals surface area contributed by atoms with Crippen LogP contribution in [0.5, 0.6) is 0 Å². The lowest BCUT2D eigenvalue weighted by molar-refractivity contribution is 0.329. The maximum atomic E-state index is 13.5. The molecule has 1 N–H and O–H groups in total. The molecule has 0 bridgehead atoms. The average Bonchev–Trinajstić information content (AvgIpc) is 2.40. The summed E-state index contributed by atoms with van der Waals surface area (Å²) in [7, 11) is 0. The molecular weight excluding hydrogens is 225 g/mol. The standard InChI is InChI=1S/C16H24FN/c1-13(11-15-9-5-6-10-16(15)17)18-12-14-7-3-2-4-8-14/h5-6,9-10,13-14,18H,2-4,7-8,11-12H2,1H3. The molecule has 2 heteroatoms. The van der Waals surface area contributed by atoms with E-state index in [0.29, 0.717) is 6.04 Å². The Hall–Kier alpha value is -0.890. The highest BCUT2D eigenvalue weighted by Crippen LogP contribution is 2.23. The van der Waals surface area contributed by atoms with Crippen molar-refractivity contribution in [1.29, 1.82) is 0 Å². The van der Waals surface area contributed by atoms with Gasteiger partial charge in [0.2, 0.25) is 0 Å². The molecule has 0 amide bonds. The molecule has 18 heavy (non-hydrogen) atoms. The lowest BCUT2D eigenvalue weighted by Crippen LogP contribution is -2.33. The van der Waals surface area contributed by atoms with Crippen LogP contribution in [-0.4, -0.2) is 12.6 Å². The fourth-order valence-corrected chi connectivity index (χ4v) is 2.83. The first-order valence-electron chi connectivity index (χ1n) is 7.22. The summed E-state index contributed by atoms with van der Waals surface area (Å²) in [5, 5.41) is 3.56. The van der Waals surface area contributed by atoms with Crippen LogP contribution in [0, 0.1) is 11.7 Å². The van der Waals surface area contributed by atoms with Crippen molar-refractivity contribution < 1.29 is 4.39 Å². The Kier molecular flexibility index (Phi) is 5.18. The van der Waals surface area contributed by atoms with Gasteiger partial charge in [-0.1, -0.05) is 37.5 Å². The second kappa shape index (κ2) is 6.89. The maximum absolute atomic E-state index is 13.5. The third-order valence-electron chi connectivity index (χ3n) is 3.96. The summed E-state index contributed by atoms with van der Waals surface area (Å²) in [6.45, 7) is 3.24. The molecule has 0 spiro atoms. The fraction of sp³-hybridized carbons (Fsp3) is 0.625. The van der Waals surface area contributed by atoms with Crippen molar-refractivity contribution in [2.24, 2.45) is 5.92 Å². The molecule has 2 rings (SSSR count). The van der Waals surface area contributed by atoms with Gasteiger partial charge in [0, 0.05) is 6.04 Å². The Morgan fingerprint density at radius 2 is 1.94 bits per heavy atom. The predicted molar refractivity (Wildman–Crippen MR) is 74.1 cm³/mol. The minimum absolute atomic E-state index is 0.0798. The molecular formula is C16H24FN. The molecule has 1 aromatic rings. The molecule has 100 valence electrons. The second-order valence-electron chi connectivity index (χ2n) is 5.61. The first-order valence-corrected chi connectivity index (χ1v) is 7.22. The van der Waals surface area contributed by atoms with Crippen LogP contribution in [0.2, 0.25) is 0 Å². The van der Waals surface area contributed by atoms with Crippen molar-refractivity contribution in [3.05, 3.63) is 35.6 Å². The van der Waals surface area contributed by atoms with Crippen molar-refractivity contribution in [1.82, 2.24) is 5.32 Å². The van der Waals surface area contributed by atoms with Crippen LogP contribution in [0.25, 0.3) is 0 Å². The highest BCUT2D eigenvalue weighted by molar-refractivity contribution is 5.18. The summed E-state index contributed by atoms with van der Waals surface area (Å²) in [6, 6.07) is 7.44. The highest BCUT2D eigenvalue weighted by Gasteiger charge is 2.14. The van der Waals surface area contributed by atoms with Gasteiger partial charge >= 0.3 is 0 Å². The molecule has 1 atom stereocenters. The molecule has 1 saturated carbocycles. The Bertz CT molecular complexity index is 358. The van der Waals surface area contributed by atoms with Crippen LogP contribution < -0.4 is 5.32 Å². The second-order valence-corrected chi connectivity index (χ2v) is 5.61. The van der Waals surface area contributed by atoms with E-state index >= 15 is 0 Å². The van der Waals surface area contributed by atoms with Crippen molar-refractivity contribution in [3.63, 3.8) is 0 Å². The van der Waals surface area contributed by atoms with E-state index in [0.717, 1.165) is 24.4 Å². The first kappa shape index (κ1) is 13.5. The monoisotopic (exact) mass is 249 g/mol. The summed E-state index contributed by atoms with van der Waals surface area (Å²) in [6.07, 6.45) is 7.67. The number of hydrogen-bond acceptors (Lipinski definition) is 1. The van der Waals surface area contributed by atoms with E-state index in [2.05, 4.69) is 12.2 Å². The largest absolute Gasteiger partial charge is 0.314 e. The third-order valence-corrected chi connectivity index (χ3v) is 3.96. The van der Waals surface area contributed by atoms with Crippen molar-refractivity contribution in [2.45, 2.75) is 51.5 Å². The minimum Gasteiger partial charge on any atom is -0.314 e. The lowest BCUT2D eigenvalue weighted by atomic mass is 9.89. The number of rotatable bonds is 5. The maximum Gasteiger partial charge on any atom is 0.126 e. The van der Waals surface area contributed by atoms with Crippen molar-refractivity contribution >= 4 is 0 Å². The van der Waals surface area contributed by atoms with Gasteiger partial charge in [-0.25, -0.2) is 4.39 Å². The van der Waals surface area contributed by atoms with E-state index < -0.39 is 0 Å². The summed E-state index contributed by atoms with van der Waals surface area (Å²) < 4.78 is 13.5. The van der Waals surface area contributed by atoms with E-state index in [1.807, 2.05) is 12.1 Å². The van der Waals surface area contributed by atoms with Gasteiger partial charge in [0.15, 0.2) is 0 Å². The van der Waals surface area contributed by atoms with Gasteiger partial charge in [-0.05, 0) is 50.3 Å². The summed E-state index contributed by atoms with van der Waals surface area (Å²) in [5.41, 5.74) is 0.821. The molecule has 1 nitrogen and oxygen atoms in total. The van der Waals surface area contributed by atoms with Gasteiger partial charge in [0.05, 0.1) is 0 Å². The van der Waals surface area contributed by atoms with Crippen LogP contribution in [0.3, 0.4) is 0 Å². The fourth-order valence-electron chi connectivity index (χ4n) is 2.83. The number of halogens is 1. The Morgan fingerprint density at radius 3 is 2.67 bits per heavy atom. The van der Waals surface area contributed by atoms with Gasteiger partial charge in [-0.2, -0.15) is 0 Å². The quantitative estimate of drug-likeness (QED) is 0.834. The van der Waals surface area contributed by atoms with E-state index in [1.165, 1.54) is 32.1 Å². The molecule has 0 saturated heterocycles. The van der Waals surface area contributed by atoms with Crippen LogP contribution in [0.15, 0.2) is 24.3 Å². The lowest BCUT2D eigenvalue weighted by Gasteiger charge is -2.24. The molecule has 1 fully saturated rings. The normalized spacial score (nSPS) is 18.8. The predicted octanol–water partition coefficient (Wildman–Crippen LogP) is 3.93. The van der Waals surface area contributed by atoms with Gasteiger partial charge in [0.25, 0.3) is 0 Å². The number of benzene rings is 1. The van der Waals surface area contributed by atoms with Crippen LogP contribution in [0.1, 0.15) is 44.6 Å². The zero-order chi connectivity index (χ0) is 12.8. The van der Waals surface area contributed by atoms with Gasteiger partial charge < -0.3 is 5.32 Å². The zero-order valence-electron chi connectivity index (χ0n) is 11.3. The molecule has 1 aliphatic carbocycles. The first-order chi connectivity index (χ1) is 8.75. The molecule has 0 radical (unpaired) electrons. The molecule has 0 aromatic heterocycles.